The van der Waals surface area contributed by atoms with Crippen LogP contribution in [0.4, 0.5) is 32.4 Å². The van der Waals surface area contributed by atoms with Gasteiger partial charge in [-0.1, -0.05) is 0 Å². The Bertz CT molecular complexity index is 1710. The molecule has 0 bridgehead atoms. The fourth-order valence-corrected chi connectivity index (χ4v) is 5.33. The van der Waals surface area contributed by atoms with E-state index in [1.807, 2.05) is 0 Å². The number of piperidine rings is 1. The number of aromatic nitrogens is 2. The largest absolute Gasteiger partial charge is 0.416 e. The lowest BCUT2D eigenvalue weighted by molar-refractivity contribution is -0.137. The second-order valence-corrected chi connectivity index (χ2v) is 11.3. The Kier molecular flexibility index (Phi) is 8.05. The summed E-state index contributed by atoms with van der Waals surface area (Å²) in [6, 6.07) is 2.14. The van der Waals surface area contributed by atoms with Crippen molar-refractivity contribution in [1.82, 2.24) is 19.4 Å². The number of urea groups is 1. The first-order valence-electron chi connectivity index (χ1n) is 14.0. The van der Waals surface area contributed by atoms with Crippen LogP contribution in [-0.4, -0.2) is 45.1 Å². The molecule has 1 aromatic heterocycles. The van der Waals surface area contributed by atoms with Crippen LogP contribution < -0.4 is 21.9 Å². The van der Waals surface area contributed by atoms with E-state index in [9.17, 15) is 36.7 Å². The molecular weight excluding hydrogens is 577 g/mol. The van der Waals surface area contributed by atoms with E-state index in [1.165, 1.54) is 15.5 Å². The highest BCUT2D eigenvalue weighted by molar-refractivity contribution is 5.95. The van der Waals surface area contributed by atoms with Gasteiger partial charge in [-0.2, -0.15) is 13.2 Å². The summed E-state index contributed by atoms with van der Waals surface area (Å²) in [6.07, 6.45) is -2.10. The van der Waals surface area contributed by atoms with E-state index in [0.29, 0.717) is 18.9 Å². The van der Waals surface area contributed by atoms with E-state index in [4.69, 9.17) is 0 Å². The number of halogens is 5. The van der Waals surface area contributed by atoms with Gasteiger partial charge in [0, 0.05) is 37.8 Å². The molecule has 0 unspecified atom stereocenters. The summed E-state index contributed by atoms with van der Waals surface area (Å²) in [5.74, 6) is -2.89. The van der Waals surface area contributed by atoms with Gasteiger partial charge in [0.1, 0.15) is 11.6 Å². The second-order valence-electron chi connectivity index (χ2n) is 11.3. The van der Waals surface area contributed by atoms with Crippen LogP contribution in [0.2, 0.25) is 0 Å². The van der Waals surface area contributed by atoms with Gasteiger partial charge in [0.05, 0.1) is 27.7 Å². The average Bonchev–Trinajstić information content (AvgIpc) is 3.75. The molecule has 0 spiro atoms. The molecule has 2 N–H and O–H groups in total. The number of fused-ring (bicyclic) bond motifs is 1. The third kappa shape index (κ3) is 6.27. The highest BCUT2D eigenvalue weighted by Gasteiger charge is 2.32. The van der Waals surface area contributed by atoms with Crippen LogP contribution in [0.1, 0.15) is 61.5 Å². The maximum atomic E-state index is 15.2. The molecule has 1 aliphatic carbocycles. The van der Waals surface area contributed by atoms with Crippen molar-refractivity contribution in [3.05, 3.63) is 73.9 Å². The first-order chi connectivity index (χ1) is 20.2. The Morgan fingerprint density at radius 3 is 2.37 bits per heavy atom. The van der Waals surface area contributed by atoms with Crippen molar-refractivity contribution in [2.75, 3.05) is 18.4 Å². The standard InChI is InChI=1S/C29H30F5N5O4/c1-15(2)39-24-12-22(31)23(11-20(24)26(41)38(28(39)43)13-16-5-6-16)36-27(42)37-9-3-4-18(14-37)35-25(40)19-8-7-17(10-21(19)30)29(32,33)34/h7-8,10-12,15-16,18H,3-6,9,13-14H2,1-2H3,(H,35,40)(H,36,42)/t18-/m1/s1. The highest BCUT2D eigenvalue weighted by atomic mass is 19.4. The fraction of sp³-hybridized carbons (Fsp3) is 0.448. The van der Waals surface area contributed by atoms with Crippen molar-refractivity contribution in [1.29, 1.82) is 0 Å². The Labute approximate surface area is 242 Å². The number of carbonyl (C=O) groups excluding carboxylic acids is 2. The number of nitrogens with zero attached hydrogens (tertiary/aromatic N) is 3. The van der Waals surface area contributed by atoms with Crippen LogP contribution in [0.3, 0.4) is 0 Å². The number of carbonyl (C=O) groups is 2. The molecule has 3 amide bonds. The molecule has 2 fully saturated rings. The first kappa shape index (κ1) is 30.2. The number of hydrogen-bond acceptors (Lipinski definition) is 4. The summed E-state index contributed by atoms with van der Waals surface area (Å²) < 4.78 is 70.5. The molecule has 1 aliphatic heterocycles. The number of likely N-dealkylation sites (tertiary alicyclic amines) is 1. The minimum absolute atomic E-state index is 0.0316. The first-order valence-corrected chi connectivity index (χ1v) is 14.0. The second kappa shape index (κ2) is 11.5. The predicted molar refractivity (Wildman–Crippen MR) is 148 cm³/mol. The van der Waals surface area contributed by atoms with Crippen molar-refractivity contribution in [3.63, 3.8) is 0 Å². The van der Waals surface area contributed by atoms with Crippen molar-refractivity contribution in [3.8, 4) is 0 Å². The maximum absolute atomic E-state index is 15.2. The van der Waals surface area contributed by atoms with Gasteiger partial charge in [0.2, 0.25) is 0 Å². The van der Waals surface area contributed by atoms with Crippen LogP contribution in [0.15, 0.2) is 39.9 Å². The van der Waals surface area contributed by atoms with E-state index in [0.717, 1.165) is 29.5 Å². The number of hydrogen-bond donors (Lipinski definition) is 2. The zero-order valence-electron chi connectivity index (χ0n) is 23.4. The molecule has 230 valence electrons. The fourth-order valence-electron chi connectivity index (χ4n) is 5.33. The zero-order valence-corrected chi connectivity index (χ0v) is 23.4. The van der Waals surface area contributed by atoms with Crippen molar-refractivity contribution in [2.24, 2.45) is 5.92 Å². The van der Waals surface area contributed by atoms with E-state index < -0.39 is 58.2 Å². The summed E-state index contributed by atoms with van der Waals surface area (Å²) in [5, 5.41) is 5.09. The van der Waals surface area contributed by atoms with Gasteiger partial charge in [-0.05, 0) is 69.7 Å². The lowest BCUT2D eigenvalue weighted by atomic mass is 10.0. The summed E-state index contributed by atoms with van der Waals surface area (Å²) in [4.78, 5) is 53.4. The summed E-state index contributed by atoms with van der Waals surface area (Å²) >= 11 is 0. The van der Waals surface area contributed by atoms with E-state index in [2.05, 4.69) is 10.6 Å². The number of nitrogens with one attached hydrogen (secondary N) is 2. The average molecular weight is 608 g/mol. The van der Waals surface area contributed by atoms with Crippen LogP contribution in [0.5, 0.6) is 0 Å². The Hall–Kier alpha value is -4.23. The molecule has 14 heteroatoms. The van der Waals surface area contributed by atoms with Crippen molar-refractivity contribution < 1.29 is 31.5 Å². The molecule has 5 rings (SSSR count). The third-order valence-electron chi connectivity index (χ3n) is 7.74. The predicted octanol–water partition coefficient (Wildman–Crippen LogP) is 4.88. The normalized spacial score (nSPS) is 17.4. The number of amides is 3. The molecule has 0 radical (unpaired) electrons. The lowest BCUT2D eigenvalue weighted by Crippen LogP contribution is -2.50. The minimum atomic E-state index is -4.76. The van der Waals surface area contributed by atoms with Crippen molar-refractivity contribution >= 4 is 28.5 Å². The van der Waals surface area contributed by atoms with Gasteiger partial charge in [0.15, 0.2) is 0 Å². The molecular formula is C29H30F5N5O4. The van der Waals surface area contributed by atoms with Crippen LogP contribution in [-0.2, 0) is 12.7 Å². The topological polar surface area (TPSA) is 105 Å². The SMILES string of the molecule is CC(C)n1c(=O)n(CC2CC2)c(=O)c2cc(NC(=O)N3CCC[C@@H](NC(=O)c4ccc(C(F)(F)F)cc4F)C3)c(F)cc21. The van der Waals surface area contributed by atoms with Crippen LogP contribution in [0.25, 0.3) is 10.9 Å². The lowest BCUT2D eigenvalue weighted by Gasteiger charge is -2.33. The van der Waals surface area contributed by atoms with Gasteiger partial charge in [-0.15, -0.1) is 0 Å². The van der Waals surface area contributed by atoms with Gasteiger partial charge in [-0.3, -0.25) is 18.7 Å². The summed E-state index contributed by atoms with van der Waals surface area (Å²) in [6.45, 7) is 3.98. The molecule has 2 aromatic carbocycles. The number of anilines is 1. The Morgan fingerprint density at radius 2 is 1.74 bits per heavy atom. The highest BCUT2D eigenvalue weighted by Crippen LogP contribution is 2.31. The molecule has 43 heavy (non-hydrogen) atoms. The van der Waals surface area contributed by atoms with Crippen molar-refractivity contribution in [2.45, 2.75) is 64.3 Å². The molecule has 1 saturated heterocycles. The zero-order chi connectivity index (χ0) is 31.2. The molecule has 3 aromatic rings. The summed E-state index contributed by atoms with van der Waals surface area (Å²) in [7, 11) is 0. The van der Waals surface area contributed by atoms with Gasteiger partial charge in [0.25, 0.3) is 11.5 Å². The maximum Gasteiger partial charge on any atom is 0.416 e. The Balaban J connectivity index is 1.33. The van der Waals surface area contributed by atoms with E-state index in [-0.39, 0.29) is 54.3 Å². The van der Waals surface area contributed by atoms with Gasteiger partial charge in [-0.25, -0.2) is 18.4 Å². The Morgan fingerprint density at radius 1 is 1.02 bits per heavy atom. The van der Waals surface area contributed by atoms with E-state index >= 15 is 4.39 Å². The molecule has 2 heterocycles. The summed E-state index contributed by atoms with van der Waals surface area (Å²) in [5.41, 5.74) is -3.04. The van der Waals surface area contributed by atoms with Gasteiger partial charge < -0.3 is 15.5 Å². The van der Waals surface area contributed by atoms with Crippen LogP contribution in [0, 0.1) is 17.6 Å². The monoisotopic (exact) mass is 607 g/mol. The smallest absolute Gasteiger partial charge is 0.347 e. The minimum Gasteiger partial charge on any atom is -0.347 e. The molecule has 1 atom stereocenters. The number of alkyl halides is 3. The third-order valence-corrected chi connectivity index (χ3v) is 7.74. The van der Waals surface area contributed by atoms with Gasteiger partial charge >= 0.3 is 17.9 Å². The molecule has 1 saturated carbocycles. The van der Waals surface area contributed by atoms with Crippen LogP contribution >= 0.6 is 0 Å². The van der Waals surface area contributed by atoms with E-state index in [1.54, 1.807) is 13.8 Å². The number of rotatable bonds is 6. The molecule has 9 nitrogen and oxygen atoms in total. The molecule has 2 aliphatic rings. The quantitative estimate of drug-likeness (QED) is 0.390. The number of benzene rings is 2.